The van der Waals surface area contributed by atoms with Crippen LogP contribution in [0.1, 0.15) is 35.2 Å². The molecule has 2 aliphatic rings. The summed E-state index contributed by atoms with van der Waals surface area (Å²) in [7, 11) is 1.31. The van der Waals surface area contributed by atoms with E-state index < -0.39 is 35.1 Å². The molecule has 2 heterocycles. The smallest absolute Gasteiger partial charge is 0.416 e. The van der Waals surface area contributed by atoms with E-state index >= 15 is 0 Å². The van der Waals surface area contributed by atoms with Gasteiger partial charge in [0.2, 0.25) is 0 Å². The normalized spacial score (nSPS) is 21.8. The van der Waals surface area contributed by atoms with Gasteiger partial charge in [0.25, 0.3) is 12.0 Å². The molecule has 35 heavy (non-hydrogen) atoms. The third kappa shape index (κ3) is 6.08. The molecule has 2 aromatic carbocycles. The summed E-state index contributed by atoms with van der Waals surface area (Å²) in [5.74, 6) is 0.141. The van der Waals surface area contributed by atoms with E-state index in [0.29, 0.717) is 5.56 Å². The zero-order chi connectivity index (χ0) is 26.0. The SMILES string of the molecule is COc1ccc(C2COC(N)=N2)c(C(F)(F)F)c1.C[C@]1(c2cccc(C(F)(F)F)c2)COC(N)=N1. The van der Waals surface area contributed by atoms with Gasteiger partial charge in [-0.1, -0.05) is 18.2 Å². The van der Waals surface area contributed by atoms with Crippen LogP contribution < -0.4 is 16.2 Å². The Balaban J connectivity index is 0.000000196. The second-order valence-electron chi connectivity index (χ2n) is 7.84. The fourth-order valence-corrected chi connectivity index (χ4v) is 3.45. The number of amidine groups is 2. The van der Waals surface area contributed by atoms with E-state index in [9.17, 15) is 26.3 Å². The number of methoxy groups -OCH3 is 1. The minimum Gasteiger partial charge on any atom is -0.497 e. The quantitative estimate of drug-likeness (QED) is 0.605. The summed E-state index contributed by atoms with van der Waals surface area (Å²) in [6, 6.07) is 7.95. The van der Waals surface area contributed by atoms with Crippen LogP contribution >= 0.6 is 0 Å². The van der Waals surface area contributed by atoms with E-state index in [0.717, 1.165) is 18.2 Å². The van der Waals surface area contributed by atoms with E-state index in [2.05, 4.69) is 9.98 Å². The van der Waals surface area contributed by atoms with Crippen molar-refractivity contribution in [2.24, 2.45) is 21.5 Å². The standard InChI is InChI=1S/C11H11F3N2O2.C11H11F3N2O/c1-17-6-2-3-7(8(4-6)11(12,13)14)9-5-18-10(15)16-9;1-10(6-17-9(15)16-10)7-3-2-4-8(5-7)11(12,13)14/h2-4,9H,5H2,1H3,(H2,15,16);2-5H,6H2,1H3,(H2,15,16)/t;10-/m.1/s1. The zero-order valence-electron chi connectivity index (χ0n) is 18.6. The number of hydrogen-bond donors (Lipinski definition) is 2. The van der Waals surface area contributed by atoms with Gasteiger partial charge in [-0.05, 0) is 42.3 Å². The molecule has 0 saturated carbocycles. The average molecular weight is 504 g/mol. The van der Waals surface area contributed by atoms with Crippen LogP contribution in [0.2, 0.25) is 0 Å². The van der Waals surface area contributed by atoms with Crippen molar-refractivity contribution < 1.29 is 40.6 Å². The molecule has 0 amide bonds. The molecule has 4 rings (SSSR count). The summed E-state index contributed by atoms with van der Waals surface area (Å²) in [4.78, 5) is 7.84. The molecule has 190 valence electrons. The highest BCUT2D eigenvalue weighted by atomic mass is 19.4. The highest BCUT2D eigenvalue weighted by Crippen LogP contribution is 2.39. The second kappa shape index (κ2) is 9.55. The first kappa shape index (κ1) is 26.0. The maximum Gasteiger partial charge on any atom is 0.416 e. The fraction of sp³-hybridized carbons (Fsp3) is 0.364. The van der Waals surface area contributed by atoms with Gasteiger partial charge in [-0.2, -0.15) is 26.3 Å². The molecule has 0 fully saturated rings. The van der Waals surface area contributed by atoms with Gasteiger partial charge in [0.15, 0.2) is 0 Å². The van der Waals surface area contributed by atoms with Crippen LogP contribution in [0.15, 0.2) is 52.4 Å². The van der Waals surface area contributed by atoms with Crippen LogP contribution in [0.3, 0.4) is 0 Å². The minimum absolute atomic E-state index is 0.00455. The van der Waals surface area contributed by atoms with Gasteiger partial charge in [0.05, 0.1) is 18.2 Å². The number of hydrogen-bond acceptors (Lipinski definition) is 7. The van der Waals surface area contributed by atoms with Crippen LogP contribution in [-0.4, -0.2) is 32.4 Å². The molecular weight excluding hydrogens is 482 g/mol. The number of aliphatic imine (C=N–C) groups is 2. The first-order chi connectivity index (χ1) is 16.2. The highest BCUT2D eigenvalue weighted by molar-refractivity contribution is 5.74. The maximum atomic E-state index is 12.9. The lowest BCUT2D eigenvalue weighted by atomic mass is 9.92. The van der Waals surface area contributed by atoms with Crippen LogP contribution in [0.25, 0.3) is 0 Å². The van der Waals surface area contributed by atoms with Crippen LogP contribution in [0.5, 0.6) is 5.75 Å². The maximum absolute atomic E-state index is 12.9. The number of nitrogens with two attached hydrogens (primary N) is 2. The number of rotatable bonds is 3. The lowest BCUT2D eigenvalue weighted by Gasteiger charge is -2.19. The van der Waals surface area contributed by atoms with Gasteiger partial charge < -0.3 is 25.7 Å². The fourth-order valence-electron chi connectivity index (χ4n) is 3.45. The summed E-state index contributed by atoms with van der Waals surface area (Å²) >= 11 is 0. The molecule has 2 aromatic rings. The van der Waals surface area contributed by atoms with Gasteiger partial charge in [-0.15, -0.1) is 0 Å². The molecule has 2 aliphatic heterocycles. The first-order valence-electron chi connectivity index (χ1n) is 10.1. The summed E-state index contributed by atoms with van der Waals surface area (Å²) in [5, 5.41) is 0. The molecule has 0 saturated heterocycles. The number of halogens is 6. The molecule has 0 radical (unpaired) electrons. The van der Waals surface area contributed by atoms with Crippen molar-refractivity contribution in [3.8, 4) is 5.75 Å². The van der Waals surface area contributed by atoms with Crippen molar-refractivity contribution in [3.63, 3.8) is 0 Å². The summed E-state index contributed by atoms with van der Waals surface area (Å²) < 4.78 is 91.2. The van der Waals surface area contributed by atoms with Gasteiger partial charge in [-0.25, -0.2) is 9.98 Å². The van der Waals surface area contributed by atoms with Gasteiger partial charge in [0.1, 0.15) is 30.5 Å². The number of alkyl halides is 6. The molecular formula is C22H22F6N4O3. The first-order valence-corrected chi connectivity index (χ1v) is 10.1. The highest BCUT2D eigenvalue weighted by Gasteiger charge is 2.38. The topological polar surface area (TPSA) is 104 Å². The zero-order valence-corrected chi connectivity index (χ0v) is 18.6. The molecule has 4 N–H and O–H groups in total. The second-order valence-corrected chi connectivity index (χ2v) is 7.84. The van der Waals surface area contributed by atoms with Gasteiger partial charge >= 0.3 is 12.4 Å². The number of benzene rings is 2. The van der Waals surface area contributed by atoms with Crippen molar-refractivity contribution >= 4 is 12.0 Å². The largest absolute Gasteiger partial charge is 0.497 e. The van der Waals surface area contributed by atoms with Gasteiger partial charge in [-0.3, -0.25) is 0 Å². The van der Waals surface area contributed by atoms with Crippen LogP contribution in [-0.2, 0) is 27.4 Å². The number of nitrogens with zero attached hydrogens (tertiary/aromatic N) is 2. The Bertz CT molecular complexity index is 1130. The third-order valence-electron chi connectivity index (χ3n) is 5.27. The lowest BCUT2D eigenvalue weighted by Crippen LogP contribution is -2.21. The molecule has 1 unspecified atom stereocenters. The summed E-state index contributed by atoms with van der Waals surface area (Å²) in [5.41, 5.74) is 8.82. The summed E-state index contributed by atoms with van der Waals surface area (Å²) in [6.45, 7) is 1.85. The number of ether oxygens (including phenoxy) is 3. The van der Waals surface area contributed by atoms with Gasteiger partial charge in [0, 0.05) is 0 Å². The van der Waals surface area contributed by atoms with E-state index in [1.165, 1.54) is 25.3 Å². The molecule has 0 spiro atoms. The van der Waals surface area contributed by atoms with Crippen molar-refractivity contribution in [1.82, 2.24) is 0 Å². The van der Waals surface area contributed by atoms with Crippen molar-refractivity contribution in [2.45, 2.75) is 30.9 Å². The van der Waals surface area contributed by atoms with Crippen molar-refractivity contribution in [2.75, 3.05) is 20.3 Å². The minimum atomic E-state index is -4.48. The molecule has 0 bridgehead atoms. The van der Waals surface area contributed by atoms with E-state index in [1.807, 2.05) is 0 Å². The Labute approximate surface area is 196 Å². The Morgan fingerprint density at radius 2 is 1.69 bits per heavy atom. The molecule has 0 aliphatic carbocycles. The van der Waals surface area contributed by atoms with E-state index in [4.69, 9.17) is 25.7 Å². The molecule has 2 atom stereocenters. The lowest BCUT2D eigenvalue weighted by molar-refractivity contribution is -0.139. The summed E-state index contributed by atoms with van der Waals surface area (Å²) in [6.07, 6.45) is -8.84. The van der Waals surface area contributed by atoms with E-state index in [-0.39, 0.29) is 36.6 Å². The molecule has 0 aromatic heterocycles. The monoisotopic (exact) mass is 504 g/mol. The average Bonchev–Trinajstić information content (AvgIpc) is 3.38. The van der Waals surface area contributed by atoms with Crippen LogP contribution in [0, 0.1) is 0 Å². The third-order valence-corrected chi connectivity index (χ3v) is 5.27. The van der Waals surface area contributed by atoms with Crippen molar-refractivity contribution in [1.29, 1.82) is 0 Å². The predicted molar refractivity (Wildman–Crippen MR) is 115 cm³/mol. The predicted octanol–water partition coefficient (Wildman–Crippen LogP) is 4.37. The van der Waals surface area contributed by atoms with E-state index in [1.54, 1.807) is 13.0 Å². The molecule has 7 nitrogen and oxygen atoms in total. The Morgan fingerprint density at radius 3 is 2.20 bits per heavy atom. The Morgan fingerprint density at radius 1 is 0.971 bits per heavy atom. The van der Waals surface area contributed by atoms with Crippen LogP contribution in [0.4, 0.5) is 26.3 Å². The molecule has 13 heteroatoms. The Kier molecular flexibility index (Phi) is 7.08. The van der Waals surface area contributed by atoms with Crippen molar-refractivity contribution in [3.05, 3.63) is 64.7 Å². The Hall–Kier alpha value is -3.64.